The largest absolute Gasteiger partial charge is 0.341 e. The molecule has 3 heteroatoms. The zero-order chi connectivity index (χ0) is 14.2. The van der Waals surface area contributed by atoms with Crippen LogP contribution in [0.25, 0.3) is 0 Å². The lowest BCUT2D eigenvalue weighted by molar-refractivity contribution is 0.619. The van der Waals surface area contributed by atoms with Crippen LogP contribution in [-0.2, 0) is 13.0 Å². The van der Waals surface area contributed by atoms with Gasteiger partial charge in [-0.25, -0.2) is 4.39 Å². The first-order chi connectivity index (χ1) is 10.3. The number of fused-ring (bicyclic) bond motifs is 1. The van der Waals surface area contributed by atoms with E-state index >= 15 is 0 Å². The lowest BCUT2D eigenvalue weighted by Gasteiger charge is -2.23. The summed E-state index contributed by atoms with van der Waals surface area (Å²) >= 11 is 0. The molecule has 1 N–H and O–H groups in total. The molecule has 1 aliphatic heterocycles. The molecule has 2 nitrogen and oxygen atoms in total. The second kappa shape index (κ2) is 5.15. The van der Waals surface area contributed by atoms with E-state index in [1.54, 1.807) is 12.1 Å². The molecule has 0 atom stereocenters. The summed E-state index contributed by atoms with van der Waals surface area (Å²) in [6.07, 6.45) is 3.55. The molecule has 0 aromatic heterocycles. The summed E-state index contributed by atoms with van der Waals surface area (Å²) in [6, 6.07) is 14.3. The molecule has 2 aromatic carbocycles. The number of nitrogens with zero attached hydrogens (tertiary/aromatic N) is 1. The molecule has 0 amide bonds. The molecule has 2 aliphatic rings. The van der Waals surface area contributed by atoms with Crippen molar-refractivity contribution < 1.29 is 4.39 Å². The van der Waals surface area contributed by atoms with Gasteiger partial charge < -0.3 is 10.2 Å². The second-order valence-electron chi connectivity index (χ2n) is 5.96. The van der Waals surface area contributed by atoms with Gasteiger partial charge in [-0.15, -0.1) is 0 Å². The molecule has 108 valence electrons. The van der Waals surface area contributed by atoms with Gasteiger partial charge >= 0.3 is 0 Å². The number of hydrogen-bond acceptors (Lipinski definition) is 2. The van der Waals surface area contributed by atoms with Crippen LogP contribution in [-0.4, -0.2) is 12.6 Å². The van der Waals surface area contributed by atoms with Crippen LogP contribution < -0.4 is 10.2 Å². The fourth-order valence-electron chi connectivity index (χ4n) is 3.09. The van der Waals surface area contributed by atoms with E-state index < -0.39 is 0 Å². The molecule has 21 heavy (non-hydrogen) atoms. The number of nitrogens with one attached hydrogen (secondary N) is 1. The average molecular weight is 282 g/mol. The van der Waals surface area contributed by atoms with Crippen molar-refractivity contribution in [3.63, 3.8) is 0 Å². The van der Waals surface area contributed by atoms with Gasteiger partial charge in [0, 0.05) is 30.5 Å². The molecule has 1 fully saturated rings. The van der Waals surface area contributed by atoms with Crippen LogP contribution in [0.3, 0.4) is 0 Å². The smallest absolute Gasteiger partial charge is 0.123 e. The van der Waals surface area contributed by atoms with Crippen LogP contribution in [0, 0.1) is 5.82 Å². The maximum Gasteiger partial charge on any atom is 0.123 e. The molecule has 1 saturated carbocycles. The minimum atomic E-state index is -0.154. The number of benzene rings is 2. The van der Waals surface area contributed by atoms with Gasteiger partial charge in [0.2, 0.25) is 0 Å². The van der Waals surface area contributed by atoms with Crippen LogP contribution in [0.2, 0.25) is 0 Å². The third kappa shape index (κ3) is 2.54. The molecular formula is C18H19FN2. The van der Waals surface area contributed by atoms with Crippen molar-refractivity contribution in [2.45, 2.75) is 31.8 Å². The van der Waals surface area contributed by atoms with E-state index in [2.05, 4.69) is 34.5 Å². The molecule has 0 saturated heterocycles. The molecule has 0 bridgehead atoms. The Morgan fingerprint density at radius 1 is 1.10 bits per heavy atom. The molecule has 0 radical (unpaired) electrons. The van der Waals surface area contributed by atoms with Crippen molar-refractivity contribution in [1.29, 1.82) is 0 Å². The first kappa shape index (κ1) is 12.8. The summed E-state index contributed by atoms with van der Waals surface area (Å²) in [5.74, 6) is -0.154. The van der Waals surface area contributed by atoms with E-state index in [0.717, 1.165) is 30.8 Å². The summed E-state index contributed by atoms with van der Waals surface area (Å²) in [5, 5.41) is 3.49. The summed E-state index contributed by atoms with van der Waals surface area (Å²) in [5.41, 5.74) is 4.83. The van der Waals surface area contributed by atoms with Crippen LogP contribution in [0.5, 0.6) is 0 Å². The lowest BCUT2D eigenvalue weighted by atomic mass is 10.1. The molecular weight excluding hydrogens is 263 g/mol. The molecule has 1 aliphatic carbocycles. The highest BCUT2D eigenvalue weighted by molar-refractivity contribution is 5.72. The summed E-state index contributed by atoms with van der Waals surface area (Å²) in [6.45, 7) is 1.72. The van der Waals surface area contributed by atoms with Crippen molar-refractivity contribution in [3.8, 4) is 0 Å². The van der Waals surface area contributed by atoms with Crippen LogP contribution in [0.4, 0.5) is 15.8 Å². The molecule has 2 aromatic rings. The van der Waals surface area contributed by atoms with Crippen LogP contribution >= 0.6 is 0 Å². The normalized spacial score (nSPS) is 17.1. The number of anilines is 2. The topological polar surface area (TPSA) is 15.3 Å². The van der Waals surface area contributed by atoms with Gasteiger partial charge in [0.15, 0.2) is 0 Å². The van der Waals surface area contributed by atoms with Crippen molar-refractivity contribution >= 4 is 11.4 Å². The highest BCUT2D eigenvalue weighted by atomic mass is 19.1. The van der Waals surface area contributed by atoms with Gasteiger partial charge in [0.1, 0.15) is 5.82 Å². The number of para-hydroxylation sites is 1. The summed E-state index contributed by atoms with van der Waals surface area (Å²) in [4.78, 5) is 2.32. The quantitative estimate of drug-likeness (QED) is 0.918. The SMILES string of the molecule is Fc1ccc(N2CCc3ccccc32)c(CNC2CC2)c1. The Balaban J connectivity index is 1.67. The van der Waals surface area contributed by atoms with Crippen molar-refractivity contribution in [3.05, 3.63) is 59.4 Å². The zero-order valence-electron chi connectivity index (χ0n) is 12.0. The monoisotopic (exact) mass is 282 g/mol. The van der Waals surface area contributed by atoms with Crippen molar-refractivity contribution in [1.82, 2.24) is 5.32 Å². The van der Waals surface area contributed by atoms with Gasteiger partial charge in [-0.1, -0.05) is 18.2 Å². The minimum Gasteiger partial charge on any atom is -0.341 e. The third-order valence-electron chi connectivity index (χ3n) is 4.38. The fourth-order valence-corrected chi connectivity index (χ4v) is 3.09. The van der Waals surface area contributed by atoms with Crippen molar-refractivity contribution in [2.75, 3.05) is 11.4 Å². The Bertz CT molecular complexity index is 664. The maximum atomic E-state index is 13.6. The van der Waals surface area contributed by atoms with Gasteiger partial charge in [-0.2, -0.15) is 0 Å². The maximum absolute atomic E-state index is 13.6. The number of rotatable bonds is 4. The summed E-state index contributed by atoms with van der Waals surface area (Å²) < 4.78 is 13.6. The zero-order valence-corrected chi connectivity index (χ0v) is 12.0. The highest BCUT2D eigenvalue weighted by Gasteiger charge is 2.24. The standard InChI is InChI=1S/C18H19FN2/c19-15-5-8-18(14(11-15)12-20-16-6-7-16)21-10-9-13-3-1-2-4-17(13)21/h1-5,8,11,16,20H,6-7,9-10,12H2. The van der Waals surface area contributed by atoms with Crippen LogP contribution in [0.1, 0.15) is 24.0 Å². The van der Waals surface area contributed by atoms with Crippen molar-refractivity contribution in [2.24, 2.45) is 0 Å². The average Bonchev–Trinajstić information content (AvgIpc) is 3.24. The molecule has 0 unspecified atom stereocenters. The molecule has 0 spiro atoms. The van der Waals surface area contributed by atoms with E-state index in [9.17, 15) is 4.39 Å². The van der Waals surface area contributed by atoms with Gasteiger partial charge in [-0.3, -0.25) is 0 Å². The Labute approximate surface area is 124 Å². The van der Waals surface area contributed by atoms with Gasteiger partial charge in [0.25, 0.3) is 0 Å². The van der Waals surface area contributed by atoms with Gasteiger partial charge in [0.05, 0.1) is 0 Å². The Morgan fingerprint density at radius 2 is 1.95 bits per heavy atom. The van der Waals surface area contributed by atoms with E-state index in [1.807, 2.05) is 6.07 Å². The molecule has 1 heterocycles. The van der Waals surface area contributed by atoms with Crippen LogP contribution in [0.15, 0.2) is 42.5 Å². The number of halogens is 1. The first-order valence-electron chi connectivity index (χ1n) is 7.68. The minimum absolute atomic E-state index is 0.154. The number of hydrogen-bond donors (Lipinski definition) is 1. The highest BCUT2D eigenvalue weighted by Crippen LogP contribution is 2.36. The van der Waals surface area contributed by atoms with E-state index in [4.69, 9.17) is 0 Å². The third-order valence-corrected chi connectivity index (χ3v) is 4.38. The van der Waals surface area contributed by atoms with E-state index in [1.165, 1.54) is 24.1 Å². The summed E-state index contributed by atoms with van der Waals surface area (Å²) in [7, 11) is 0. The Morgan fingerprint density at radius 3 is 2.81 bits per heavy atom. The van der Waals surface area contributed by atoms with Gasteiger partial charge in [-0.05, 0) is 54.7 Å². The lowest BCUT2D eigenvalue weighted by Crippen LogP contribution is -2.20. The molecule has 4 rings (SSSR count). The predicted molar refractivity (Wildman–Crippen MR) is 83.4 cm³/mol. The van der Waals surface area contributed by atoms with E-state index in [-0.39, 0.29) is 5.82 Å². The first-order valence-corrected chi connectivity index (χ1v) is 7.68. The Kier molecular flexibility index (Phi) is 3.15. The second-order valence-corrected chi connectivity index (χ2v) is 5.96. The Hall–Kier alpha value is -1.87. The fraction of sp³-hybridized carbons (Fsp3) is 0.333. The van der Waals surface area contributed by atoms with E-state index in [0.29, 0.717) is 6.04 Å². The predicted octanol–water partition coefficient (Wildman–Crippen LogP) is 3.77.